The van der Waals surface area contributed by atoms with Crippen molar-refractivity contribution < 1.29 is 19.1 Å². The SMILES string of the molecule is CC1=C/C(=C\CCCN2CCC[C@H]2[C@@H]2C=C(C)C(=O)O2)OC1=O. The van der Waals surface area contributed by atoms with Crippen molar-refractivity contribution in [2.45, 2.75) is 51.7 Å². The molecular weight excluding hydrogens is 294 g/mol. The Morgan fingerprint density at radius 2 is 2.09 bits per heavy atom. The summed E-state index contributed by atoms with van der Waals surface area (Å²) in [6.07, 6.45) is 9.70. The van der Waals surface area contributed by atoms with Crippen LogP contribution in [0.15, 0.2) is 35.1 Å². The number of likely N-dealkylation sites (tertiary alicyclic amines) is 1. The Morgan fingerprint density at radius 3 is 2.74 bits per heavy atom. The van der Waals surface area contributed by atoms with Gasteiger partial charge in [-0.2, -0.15) is 0 Å². The van der Waals surface area contributed by atoms with Gasteiger partial charge >= 0.3 is 11.9 Å². The molecule has 3 rings (SSSR count). The monoisotopic (exact) mass is 317 g/mol. The summed E-state index contributed by atoms with van der Waals surface area (Å²) in [5, 5.41) is 0. The molecule has 0 unspecified atom stereocenters. The van der Waals surface area contributed by atoms with Gasteiger partial charge in [0.15, 0.2) is 0 Å². The number of hydrogen-bond acceptors (Lipinski definition) is 5. The molecule has 3 heterocycles. The molecule has 0 aromatic heterocycles. The van der Waals surface area contributed by atoms with Gasteiger partial charge in [-0.3, -0.25) is 4.90 Å². The summed E-state index contributed by atoms with van der Waals surface area (Å²) >= 11 is 0. The number of esters is 2. The molecule has 5 nitrogen and oxygen atoms in total. The van der Waals surface area contributed by atoms with Crippen molar-refractivity contribution in [3.63, 3.8) is 0 Å². The highest BCUT2D eigenvalue weighted by Gasteiger charge is 2.36. The molecule has 124 valence electrons. The van der Waals surface area contributed by atoms with Gasteiger partial charge in [0.2, 0.25) is 0 Å². The first-order valence-electron chi connectivity index (χ1n) is 8.28. The Morgan fingerprint density at radius 1 is 1.26 bits per heavy atom. The minimum atomic E-state index is -0.249. The third-order valence-electron chi connectivity index (χ3n) is 4.66. The first-order valence-corrected chi connectivity index (χ1v) is 8.28. The van der Waals surface area contributed by atoms with Crippen LogP contribution < -0.4 is 0 Å². The predicted molar refractivity (Wildman–Crippen MR) is 85.4 cm³/mol. The highest BCUT2D eigenvalue weighted by molar-refractivity contribution is 5.92. The van der Waals surface area contributed by atoms with Gasteiger partial charge in [-0.25, -0.2) is 9.59 Å². The molecule has 0 saturated carbocycles. The normalized spacial score (nSPS) is 29.7. The number of carbonyl (C=O) groups excluding carboxylic acids is 2. The summed E-state index contributed by atoms with van der Waals surface area (Å²) in [5.74, 6) is 0.228. The van der Waals surface area contributed by atoms with E-state index in [4.69, 9.17) is 9.47 Å². The van der Waals surface area contributed by atoms with E-state index in [1.165, 1.54) is 0 Å². The lowest BCUT2D eigenvalue weighted by Crippen LogP contribution is -2.39. The van der Waals surface area contributed by atoms with E-state index < -0.39 is 0 Å². The second-order valence-electron chi connectivity index (χ2n) is 6.43. The zero-order valence-electron chi connectivity index (χ0n) is 13.7. The van der Waals surface area contributed by atoms with Crippen LogP contribution in [-0.4, -0.2) is 42.1 Å². The summed E-state index contributed by atoms with van der Waals surface area (Å²) < 4.78 is 10.6. The van der Waals surface area contributed by atoms with E-state index in [1.54, 1.807) is 13.0 Å². The van der Waals surface area contributed by atoms with Crippen LogP contribution in [0.3, 0.4) is 0 Å². The number of cyclic esters (lactones) is 2. The van der Waals surface area contributed by atoms with Crippen molar-refractivity contribution in [1.29, 1.82) is 0 Å². The van der Waals surface area contributed by atoms with Crippen molar-refractivity contribution in [1.82, 2.24) is 4.90 Å². The van der Waals surface area contributed by atoms with Crippen molar-refractivity contribution >= 4 is 11.9 Å². The van der Waals surface area contributed by atoms with E-state index in [0.29, 0.717) is 17.4 Å². The third-order valence-corrected chi connectivity index (χ3v) is 4.66. The lowest BCUT2D eigenvalue weighted by Gasteiger charge is -2.27. The molecule has 0 amide bonds. The van der Waals surface area contributed by atoms with Crippen LogP contribution in [0.5, 0.6) is 0 Å². The van der Waals surface area contributed by atoms with Gasteiger partial charge in [-0.05, 0) is 70.8 Å². The maximum absolute atomic E-state index is 11.5. The molecule has 1 fully saturated rings. The lowest BCUT2D eigenvalue weighted by molar-refractivity contribution is -0.141. The van der Waals surface area contributed by atoms with E-state index in [2.05, 4.69) is 4.90 Å². The Labute approximate surface area is 136 Å². The fourth-order valence-electron chi connectivity index (χ4n) is 3.38. The largest absolute Gasteiger partial charge is 0.453 e. The molecule has 23 heavy (non-hydrogen) atoms. The molecule has 0 aromatic rings. The van der Waals surface area contributed by atoms with Crippen molar-refractivity contribution in [2.24, 2.45) is 0 Å². The molecule has 0 N–H and O–H groups in total. The van der Waals surface area contributed by atoms with E-state index in [9.17, 15) is 9.59 Å². The molecular formula is C18H23NO4. The minimum absolute atomic E-state index is 0.0928. The molecule has 0 radical (unpaired) electrons. The first-order chi connectivity index (χ1) is 11.0. The highest BCUT2D eigenvalue weighted by atomic mass is 16.6. The molecule has 0 aromatic carbocycles. The molecule has 3 aliphatic rings. The van der Waals surface area contributed by atoms with Gasteiger partial charge in [-0.15, -0.1) is 0 Å². The lowest BCUT2D eigenvalue weighted by atomic mass is 10.1. The van der Waals surface area contributed by atoms with Crippen LogP contribution in [0, 0.1) is 0 Å². The van der Waals surface area contributed by atoms with Crippen LogP contribution in [0.4, 0.5) is 0 Å². The zero-order chi connectivity index (χ0) is 16.4. The summed E-state index contributed by atoms with van der Waals surface area (Å²) in [6, 6.07) is 0.301. The summed E-state index contributed by atoms with van der Waals surface area (Å²) in [4.78, 5) is 25.2. The van der Waals surface area contributed by atoms with Gasteiger partial charge < -0.3 is 9.47 Å². The van der Waals surface area contributed by atoms with Crippen LogP contribution in [0.25, 0.3) is 0 Å². The number of hydrogen-bond donors (Lipinski definition) is 0. The maximum Gasteiger partial charge on any atom is 0.339 e. The van der Waals surface area contributed by atoms with Gasteiger partial charge in [-0.1, -0.05) is 0 Å². The van der Waals surface area contributed by atoms with Crippen LogP contribution >= 0.6 is 0 Å². The quantitative estimate of drug-likeness (QED) is 0.576. The molecule has 0 aliphatic carbocycles. The number of allylic oxidation sites excluding steroid dienone is 2. The number of nitrogens with zero attached hydrogens (tertiary/aromatic N) is 1. The topological polar surface area (TPSA) is 55.8 Å². The van der Waals surface area contributed by atoms with Crippen LogP contribution in [-0.2, 0) is 19.1 Å². The smallest absolute Gasteiger partial charge is 0.339 e. The number of carbonyl (C=O) groups is 2. The maximum atomic E-state index is 11.5. The molecule has 2 atom stereocenters. The van der Waals surface area contributed by atoms with E-state index in [-0.39, 0.29) is 18.0 Å². The van der Waals surface area contributed by atoms with Gasteiger partial charge in [0.05, 0.1) is 6.04 Å². The van der Waals surface area contributed by atoms with Crippen LogP contribution in [0.2, 0.25) is 0 Å². The standard InChI is InChI=1S/C18H23NO4/c1-12-10-14(22-17(12)20)6-3-4-8-19-9-5-7-15(19)16-11-13(2)18(21)23-16/h6,10-11,15-16H,3-5,7-9H2,1-2H3/b14-6+/t15-,16-/m0/s1. The Bertz CT molecular complexity index is 602. The molecule has 0 spiro atoms. The average molecular weight is 317 g/mol. The van der Waals surface area contributed by atoms with Crippen LogP contribution in [0.1, 0.15) is 39.5 Å². The van der Waals surface area contributed by atoms with E-state index >= 15 is 0 Å². The predicted octanol–water partition coefficient (Wildman–Crippen LogP) is 2.49. The second kappa shape index (κ2) is 6.71. The Balaban J connectivity index is 1.48. The number of rotatable bonds is 5. The van der Waals surface area contributed by atoms with Gasteiger partial charge in [0, 0.05) is 11.1 Å². The summed E-state index contributed by atoms with van der Waals surface area (Å²) in [7, 11) is 0. The Kier molecular flexibility index (Phi) is 4.66. The van der Waals surface area contributed by atoms with E-state index in [0.717, 1.165) is 44.3 Å². The summed E-state index contributed by atoms with van der Waals surface area (Å²) in [6.45, 7) is 5.59. The molecule has 5 heteroatoms. The summed E-state index contributed by atoms with van der Waals surface area (Å²) in [5.41, 5.74) is 1.37. The number of unbranched alkanes of at least 4 members (excludes halogenated alkanes) is 1. The fourth-order valence-corrected chi connectivity index (χ4v) is 3.38. The second-order valence-corrected chi connectivity index (χ2v) is 6.43. The van der Waals surface area contributed by atoms with Crippen molar-refractivity contribution in [3.05, 3.63) is 35.1 Å². The first kappa shape index (κ1) is 16.0. The molecule has 0 bridgehead atoms. The minimum Gasteiger partial charge on any atom is -0.453 e. The highest BCUT2D eigenvalue weighted by Crippen LogP contribution is 2.27. The molecule has 1 saturated heterocycles. The molecule has 3 aliphatic heterocycles. The van der Waals surface area contributed by atoms with Crippen molar-refractivity contribution in [3.8, 4) is 0 Å². The Hall–Kier alpha value is -1.88. The number of ether oxygens (including phenoxy) is 2. The third kappa shape index (κ3) is 3.55. The van der Waals surface area contributed by atoms with Crippen molar-refractivity contribution in [2.75, 3.05) is 13.1 Å². The van der Waals surface area contributed by atoms with Gasteiger partial charge in [0.1, 0.15) is 11.9 Å². The average Bonchev–Trinajstić information content (AvgIpc) is 3.18. The zero-order valence-corrected chi connectivity index (χ0v) is 13.7. The van der Waals surface area contributed by atoms with Gasteiger partial charge in [0.25, 0.3) is 0 Å². The fraction of sp³-hybridized carbons (Fsp3) is 0.556. The van der Waals surface area contributed by atoms with E-state index in [1.807, 2.05) is 19.1 Å².